The summed E-state index contributed by atoms with van der Waals surface area (Å²) in [5.74, 6) is 0.164. The molecule has 1 aromatic rings. The molecule has 2 heterocycles. The summed E-state index contributed by atoms with van der Waals surface area (Å²) < 4.78 is 0.639. The van der Waals surface area contributed by atoms with Gasteiger partial charge in [-0.2, -0.15) is 0 Å². The molecule has 1 amide bonds. The van der Waals surface area contributed by atoms with Crippen LogP contribution in [0.1, 0.15) is 37.2 Å². The van der Waals surface area contributed by atoms with Crippen molar-refractivity contribution < 1.29 is 4.79 Å². The van der Waals surface area contributed by atoms with Crippen molar-refractivity contribution in [3.8, 4) is 0 Å². The lowest BCUT2D eigenvalue weighted by Crippen LogP contribution is -2.42. The Morgan fingerprint density at radius 2 is 2.47 bits per heavy atom. The van der Waals surface area contributed by atoms with Crippen LogP contribution in [0.4, 0.5) is 0 Å². The van der Waals surface area contributed by atoms with E-state index >= 15 is 0 Å². The summed E-state index contributed by atoms with van der Waals surface area (Å²) in [6.45, 7) is 2.63. The van der Waals surface area contributed by atoms with Gasteiger partial charge in [0.25, 0.3) is 0 Å². The van der Waals surface area contributed by atoms with E-state index in [0.717, 1.165) is 17.8 Å². The minimum atomic E-state index is -0.118. The topological polar surface area (TPSA) is 59.2 Å². The Morgan fingerprint density at radius 3 is 3.06 bits per heavy atom. The van der Waals surface area contributed by atoms with Crippen molar-refractivity contribution in [3.63, 3.8) is 0 Å². The summed E-state index contributed by atoms with van der Waals surface area (Å²) in [5.41, 5.74) is 6.18. The molecular weight excluding hydrogens is 258 g/mol. The fraction of sp³-hybridized carbons (Fsp3) is 0.636. The number of carbonyl (C=O) groups excluding carboxylic acids is 1. The Balaban J connectivity index is 2.34. The Hall–Kier alpha value is -0.650. The maximum Gasteiger partial charge on any atom is 0.223 e. The van der Waals surface area contributed by atoms with Gasteiger partial charge < -0.3 is 10.6 Å². The molecule has 2 atom stereocenters. The summed E-state index contributed by atoms with van der Waals surface area (Å²) >= 11 is 7.32. The highest BCUT2D eigenvalue weighted by atomic mass is 35.5. The van der Waals surface area contributed by atoms with Crippen molar-refractivity contribution in [2.45, 2.75) is 38.3 Å². The standard InChI is InChI=1S/C11H16ClN3OS/c1-2-15-9(16)5-3-4-7(13)10(15)11-14-6-8(12)17-11/h6-7,10H,2-5,13H2,1H3. The van der Waals surface area contributed by atoms with Gasteiger partial charge >= 0.3 is 0 Å². The molecule has 1 aliphatic heterocycles. The van der Waals surface area contributed by atoms with Gasteiger partial charge in [0.2, 0.25) is 5.91 Å². The first-order chi connectivity index (χ1) is 8.13. The largest absolute Gasteiger partial charge is 0.332 e. The van der Waals surface area contributed by atoms with Crippen LogP contribution in [0, 0.1) is 0 Å². The second-order valence-electron chi connectivity index (χ2n) is 4.18. The monoisotopic (exact) mass is 273 g/mol. The zero-order chi connectivity index (χ0) is 12.4. The van der Waals surface area contributed by atoms with Gasteiger partial charge in [-0.1, -0.05) is 11.6 Å². The Morgan fingerprint density at radius 1 is 1.71 bits per heavy atom. The number of rotatable bonds is 2. The van der Waals surface area contributed by atoms with Gasteiger partial charge in [-0.3, -0.25) is 4.79 Å². The zero-order valence-electron chi connectivity index (χ0n) is 9.73. The maximum atomic E-state index is 12.0. The van der Waals surface area contributed by atoms with Crippen LogP contribution in [0.5, 0.6) is 0 Å². The molecule has 0 bridgehead atoms. The highest BCUT2D eigenvalue weighted by Crippen LogP contribution is 2.33. The number of thiazole rings is 1. The van der Waals surface area contributed by atoms with Crippen LogP contribution in [0.2, 0.25) is 4.34 Å². The highest BCUT2D eigenvalue weighted by molar-refractivity contribution is 7.15. The normalized spacial score (nSPS) is 26.1. The van der Waals surface area contributed by atoms with E-state index in [9.17, 15) is 4.79 Å². The smallest absolute Gasteiger partial charge is 0.223 e. The van der Waals surface area contributed by atoms with Crippen LogP contribution in [-0.2, 0) is 4.79 Å². The van der Waals surface area contributed by atoms with Crippen molar-refractivity contribution in [1.82, 2.24) is 9.88 Å². The molecule has 0 radical (unpaired) electrons. The molecule has 1 aromatic heterocycles. The Bertz CT molecular complexity index is 409. The average Bonchev–Trinajstić information content (AvgIpc) is 2.65. The van der Waals surface area contributed by atoms with Crippen LogP contribution in [0.25, 0.3) is 0 Å². The van der Waals surface area contributed by atoms with E-state index in [1.165, 1.54) is 11.3 Å². The summed E-state index contributed by atoms with van der Waals surface area (Å²) in [6, 6.07) is -0.170. The molecule has 1 fully saturated rings. The number of likely N-dealkylation sites (N-methyl/N-ethyl adjacent to an activating group) is 1. The number of carbonyl (C=O) groups is 1. The van der Waals surface area contributed by atoms with E-state index in [4.69, 9.17) is 17.3 Å². The molecule has 0 aromatic carbocycles. The van der Waals surface area contributed by atoms with Crippen LogP contribution in [0.3, 0.4) is 0 Å². The molecule has 94 valence electrons. The summed E-state index contributed by atoms with van der Waals surface area (Å²) in [6.07, 6.45) is 3.91. The van der Waals surface area contributed by atoms with E-state index in [1.807, 2.05) is 11.8 Å². The van der Waals surface area contributed by atoms with Gasteiger partial charge in [0.15, 0.2) is 0 Å². The number of halogens is 1. The third-order valence-electron chi connectivity index (χ3n) is 3.08. The van der Waals surface area contributed by atoms with E-state index < -0.39 is 0 Å². The van der Waals surface area contributed by atoms with E-state index in [0.29, 0.717) is 17.3 Å². The molecule has 0 saturated carbocycles. The predicted octanol–water partition coefficient (Wildman–Crippen LogP) is 2.20. The third kappa shape index (κ3) is 2.61. The molecule has 2 rings (SSSR count). The lowest BCUT2D eigenvalue weighted by Gasteiger charge is -2.31. The molecular formula is C11H16ClN3OS. The van der Waals surface area contributed by atoms with Crippen molar-refractivity contribution in [3.05, 3.63) is 15.5 Å². The minimum Gasteiger partial charge on any atom is -0.332 e. The van der Waals surface area contributed by atoms with Crippen molar-refractivity contribution in [2.75, 3.05) is 6.54 Å². The lowest BCUT2D eigenvalue weighted by molar-refractivity contribution is -0.133. The van der Waals surface area contributed by atoms with Crippen molar-refractivity contribution in [2.24, 2.45) is 5.73 Å². The minimum absolute atomic E-state index is 0.0522. The van der Waals surface area contributed by atoms with Crippen LogP contribution in [-0.4, -0.2) is 28.4 Å². The molecule has 2 N–H and O–H groups in total. The summed E-state index contributed by atoms with van der Waals surface area (Å²) in [7, 11) is 0. The highest BCUT2D eigenvalue weighted by Gasteiger charge is 2.33. The Kier molecular flexibility index (Phi) is 4.01. The number of hydrogen-bond acceptors (Lipinski definition) is 4. The lowest BCUT2D eigenvalue weighted by atomic mass is 10.1. The average molecular weight is 274 g/mol. The number of nitrogens with zero attached hydrogens (tertiary/aromatic N) is 2. The van der Waals surface area contributed by atoms with Crippen molar-refractivity contribution >= 4 is 28.8 Å². The first kappa shape index (κ1) is 12.8. The van der Waals surface area contributed by atoms with Gasteiger partial charge in [0, 0.05) is 19.0 Å². The quantitative estimate of drug-likeness (QED) is 0.899. The zero-order valence-corrected chi connectivity index (χ0v) is 11.3. The Labute approximate surface area is 110 Å². The first-order valence-corrected chi connectivity index (χ1v) is 6.99. The van der Waals surface area contributed by atoms with Crippen LogP contribution < -0.4 is 5.73 Å². The van der Waals surface area contributed by atoms with Gasteiger partial charge in [0.05, 0.1) is 12.2 Å². The number of amides is 1. The molecule has 4 nitrogen and oxygen atoms in total. The van der Waals surface area contributed by atoms with Gasteiger partial charge in [-0.15, -0.1) is 11.3 Å². The molecule has 6 heteroatoms. The molecule has 1 saturated heterocycles. The van der Waals surface area contributed by atoms with E-state index in [-0.39, 0.29) is 18.0 Å². The molecule has 0 aliphatic carbocycles. The number of aromatic nitrogens is 1. The van der Waals surface area contributed by atoms with E-state index in [2.05, 4.69) is 4.98 Å². The molecule has 2 unspecified atom stereocenters. The van der Waals surface area contributed by atoms with Gasteiger partial charge in [-0.25, -0.2) is 4.98 Å². The second kappa shape index (κ2) is 5.33. The fourth-order valence-corrected chi connectivity index (χ4v) is 3.39. The number of likely N-dealkylation sites (tertiary alicyclic amines) is 1. The predicted molar refractivity (Wildman–Crippen MR) is 69.1 cm³/mol. The number of nitrogens with two attached hydrogens (primary N) is 1. The second-order valence-corrected chi connectivity index (χ2v) is 5.88. The SMILES string of the molecule is CCN1C(=O)CCCC(N)C1c1ncc(Cl)s1. The molecule has 1 aliphatic rings. The fourth-order valence-electron chi connectivity index (χ4n) is 2.27. The van der Waals surface area contributed by atoms with Crippen molar-refractivity contribution in [1.29, 1.82) is 0 Å². The molecule has 0 spiro atoms. The first-order valence-electron chi connectivity index (χ1n) is 5.79. The van der Waals surface area contributed by atoms with E-state index in [1.54, 1.807) is 6.20 Å². The summed E-state index contributed by atoms with van der Waals surface area (Å²) in [4.78, 5) is 18.1. The van der Waals surface area contributed by atoms with Gasteiger partial charge in [-0.05, 0) is 19.8 Å². The van der Waals surface area contributed by atoms with Crippen LogP contribution in [0.15, 0.2) is 6.20 Å². The van der Waals surface area contributed by atoms with Gasteiger partial charge in [0.1, 0.15) is 9.34 Å². The van der Waals surface area contributed by atoms with Crippen LogP contribution >= 0.6 is 22.9 Å². The number of hydrogen-bond donors (Lipinski definition) is 1. The molecule has 17 heavy (non-hydrogen) atoms. The summed E-state index contributed by atoms with van der Waals surface area (Å²) in [5, 5.41) is 0.847. The third-order valence-corrected chi connectivity index (χ3v) is 4.26. The maximum absolute atomic E-state index is 12.0.